The maximum atomic E-state index is 13.1. The van der Waals surface area contributed by atoms with E-state index in [9.17, 15) is 26.4 Å². The van der Waals surface area contributed by atoms with Crippen molar-refractivity contribution in [3.05, 3.63) is 48.0 Å². The molecule has 11 nitrogen and oxygen atoms in total. The first-order chi connectivity index (χ1) is 16.4. The first kappa shape index (κ1) is 26.6. The Kier molecular flexibility index (Phi) is 8.15. The third-order valence-corrected chi connectivity index (χ3v) is 8.32. The van der Waals surface area contributed by atoms with Gasteiger partial charge in [0.1, 0.15) is 17.2 Å². The highest BCUT2D eigenvalue weighted by Gasteiger charge is 2.30. The molecule has 0 saturated carbocycles. The molecule has 1 aliphatic rings. The number of nitrogens with zero attached hydrogens (tertiary/aromatic N) is 2. The third kappa shape index (κ3) is 6.36. The van der Waals surface area contributed by atoms with Gasteiger partial charge in [-0.3, -0.25) is 13.9 Å². The Labute approximate surface area is 204 Å². The van der Waals surface area contributed by atoms with E-state index in [1.54, 1.807) is 6.07 Å². The van der Waals surface area contributed by atoms with Crippen molar-refractivity contribution in [3.8, 4) is 5.75 Å². The lowest BCUT2D eigenvalue weighted by Gasteiger charge is -2.27. The number of sulfonamides is 2. The number of morpholine rings is 1. The molecule has 190 valence electrons. The maximum Gasteiger partial charge on any atom is 0.246 e. The van der Waals surface area contributed by atoms with E-state index in [0.29, 0.717) is 5.56 Å². The third-order valence-electron chi connectivity index (χ3n) is 5.26. The van der Waals surface area contributed by atoms with Crippen LogP contribution in [0.2, 0.25) is 0 Å². The van der Waals surface area contributed by atoms with Gasteiger partial charge in [-0.05, 0) is 37.3 Å². The van der Waals surface area contributed by atoms with Crippen molar-refractivity contribution in [2.45, 2.75) is 11.8 Å². The first-order valence-electron chi connectivity index (χ1n) is 10.6. The van der Waals surface area contributed by atoms with E-state index in [1.807, 2.05) is 0 Å². The summed E-state index contributed by atoms with van der Waals surface area (Å²) in [6, 6.07) is 10.1. The topological polar surface area (TPSA) is 139 Å². The molecule has 1 amide bonds. The van der Waals surface area contributed by atoms with Crippen LogP contribution in [0.1, 0.15) is 17.3 Å². The number of rotatable bonds is 9. The summed E-state index contributed by atoms with van der Waals surface area (Å²) in [6.07, 6.45) is 0.946. The number of hydrogen-bond donors (Lipinski definition) is 1. The van der Waals surface area contributed by atoms with Crippen LogP contribution in [0.4, 0.5) is 11.4 Å². The first-order valence-corrected chi connectivity index (χ1v) is 13.9. The number of nitrogens with one attached hydrogen (secondary N) is 1. The molecule has 0 aromatic heterocycles. The Hall–Kier alpha value is -3.00. The van der Waals surface area contributed by atoms with Gasteiger partial charge in [0.05, 0.1) is 32.3 Å². The minimum Gasteiger partial charge on any atom is -0.495 e. The molecule has 1 N–H and O–H groups in total. The fourth-order valence-corrected chi connectivity index (χ4v) is 5.93. The van der Waals surface area contributed by atoms with E-state index in [4.69, 9.17) is 9.47 Å². The number of carbonyl (C=O) groups is 2. The SMILES string of the molecule is COc1ccc(NC(=O)CN(c2cccc(C(C)=O)c2)S(C)(=O)=O)cc1S(=O)(=O)N1CCOCC1. The number of amides is 1. The molecule has 0 bridgehead atoms. The van der Waals surface area contributed by atoms with Gasteiger partial charge in [-0.15, -0.1) is 0 Å². The van der Waals surface area contributed by atoms with Crippen LogP contribution in [-0.4, -0.2) is 79.0 Å². The average Bonchev–Trinajstić information content (AvgIpc) is 2.82. The van der Waals surface area contributed by atoms with Gasteiger partial charge < -0.3 is 14.8 Å². The van der Waals surface area contributed by atoms with Gasteiger partial charge in [-0.1, -0.05) is 12.1 Å². The van der Waals surface area contributed by atoms with Crippen molar-refractivity contribution >= 4 is 43.1 Å². The molecule has 0 spiro atoms. The molecular weight excluding hydrogens is 498 g/mol. The monoisotopic (exact) mass is 525 g/mol. The lowest BCUT2D eigenvalue weighted by molar-refractivity contribution is -0.114. The number of methoxy groups -OCH3 is 1. The zero-order valence-electron chi connectivity index (χ0n) is 19.6. The molecule has 35 heavy (non-hydrogen) atoms. The van der Waals surface area contributed by atoms with E-state index < -0.39 is 32.5 Å². The predicted octanol–water partition coefficient (Wildman–Crippen LogP) is 1.32. The second-order valence-corrected chi connectivity index (χ2v) is 11.6. The summed E-state index contributed by atoms with van der Waals surface area (Å²) in [4.78, 5) is 24.4. The van der Waals surface area contributed by atoms with E-state index >= 15 is 0 Å². The van der Waals surface area contributed by atoms with Crippen LogP contribution < -0.4 is 14.4 Å². The van der Waals surface area contributed by atoms with Crippen LogP contribution in [0.15, 0.2) is 47.4 Å². The normalized spacial score (nSPS) is 14.8. The van der Waals surface area contributed by atoms with E-state index in [2.05, 4.69) is 5.32 Å². The summed E-state index contributed by atoms with van der Waals surface area (Å²) in [5, 5.41) is 2.54. The van der Waals surface area contributed by atoms with E-state index in [-0.39, 0.29) is 54.1 Å². The van der Waals surface area contributed by atoms with Gasteiger partial charge in [-0.25, -0.2) is 16.8 Å². The Morgan fingerprint density at radius 1 is 1.09 bits per heavy atom. The number of ether oxygens (including phenoxy) is 2. The lowest BCUT2D eigenvalue weighted by atomic mass is 10.1. The fraction of sp³-hybridized carbons (Fsp3) is 0.364. The van der Waals surface area contributed by atoms with Crippen molar-refractivity contribution in [1.29, 1.82) is 0 Å². The quantitative estimate of drug-likeness (QED) is 0.484. The van der Waals surface area contributed by atoms with Crippen LogP contribution in [-0.2, 0) is 29.6 Å². The number of hydrogen-bond acceptors (Lipinski definition) is 8. The molecule has 0 aliphatic carbocycles. The van der Waals surface area contributed by atoms with E-state index in [0.717, 1.165) is 10.6 Å². The predicted molar refractivity (Wildman–Crippen MR) is 130 cm³/mol. The zero-order chi connectivity index (χ0) is 25.8. The van der Waals surface area contributed by atoms with Crippen molar-refractivity contribution < 1.29 is 35.9 Å². The van der Waals surface area contributed by atoms with Crippen LogP contribution in [0.25, 0.3) is 0 Å². The van der Waals surface area contributed by atoms with Gasteiger partial charge in [0.2, 0.25) is 26.0 Å². The van der Waals surface area contributed by atoms with Crippen LogP contribution in [0, 0.1) is 0 Å². The van der Waals surface area contributed by atoms with Gasteiger partial charge in [-0.2, -0.15) is 4.31 Å². The Bertz CT molecular complexity index is 1320. The summed E-state index contributed by atoms with van der Waals surface area (Å²) in [6.45, 7) is 1.67. The molecule has 1 fully saturated rings. The molecule has 0 radical (unpaired) electrons. The highest BCUT2D eigenvalue weighted by atomic mass is 32.2. The number of benzene rings is 2. The minimum absolute atomic E-state index is 0.105. The molecule has 1 aliphatic heterocycles. The molecule has 2 aromatic carbocycles. The summed E-state index contributed by atoms with van der Waals surface area (Å²) >= 11 is 0. The standard InChI is InChI=1S/C22H27N3O8S2/c1-16(26)17-5-4-6-19(13-17)25(34(3,28)29)15-22(27)23-18-7-8-20(32-2)21(14-18)35(30,31)24-9-11-33-12-10-24/h4-8,13-14H,9-12,15H2,1-3H3,(H,23,27). The lowest BCUT2D eigenvalue weighted by Crippen LogP contribution is -2.40. The van der Waals surface area contributed by atoms with Crippen molar-refractivity contribution in [2.75, 3.05) is 55.8 Å². The summed E-state index contributed by atoms with van der Waals surface area (Å²) < 4.78 is 63.7. The smallest absolute Gasteiger partial charge is 0.246 e. The molecule has 2 aromatic rings. The summed E-state index contributed by atoms with van der Waals surface area (Å²) in [7, 11) is -6.47. The molecule has 0 atom stereocenters. The molecule has 1 heterocycles. The Morgan fingerprint density at radius 2 is 1.77 bits per heavy atom. The van der Waals surface area contributed by atoms with Crippen molar-refractivity contribution in [3.63, 3.8) is 0 Å². The molecule has 0 unspecified atom stereocenters. The van der Waals surface area contributed by atoms with Crippen molar-refractivity contribution in [1.82, 2.24) is 4.31 Å². The fourth-order valence-electron chi connectivity index (χ4n) is 3.49. The van der Waals surface area contributed by atoms with Crippen LogP contribution >= 0.6 is 0 Å². The second-order valence-electron chi connectivity index (χ2n) is 7.81. The van der Waals surface area contributed by atoms with Gasteiger partial charge >= 0.3 is 0 Å². The molecule has 3 rings (SSSR count). The summed E-state index contributed by atoms with van der Waals surface area (Å²) in [5.41, 5.74) is 0.596. The Balaban J connectivity index is 1.86. The van der Waals surface area contributed by atoms with Gasteiger partial charge in [0, 0.05) is 24.3 Å². The van der Waals surface area contributed by atoms with E-state index in [1.165, 1.54) is 54.7 Å². The highest BCUT2D eigenvalue weighted by molar-refractivity contribution is 7.92. The van der Waals surface area contributed by atoms with Crippen LogP contribution in [0.3, 0.4) is 0 Å². The number of anilines is 2. The van der Waals surface area contributed by atoms with Gasteiger partial charge in [0.25, 0.3) is 0 Å². The number of Topliss-reactive ketones (excluding diaryl/α,β-unsaturated/α-hetero) is 1. The van der Waals surface area contributed by atoms with Crippen molar-refractivity contribution in [2.24, 2.45) is 0 Å². The average molecular weight is 526 g/mol. The maximum absolute atomic E-state index is 13.1. The molecule has 1 saturated heterocycles. The minimum atomic E-state index is -3.93. The largest absolute Gasteiger partial charge is 0.495 e. The zero-order valence-corrected chi connectivity index (χ0v) is 21.2. The summed E-state index contributed by atoms with van der Waals surface area (Å²) in [5.74, 6) is -0.853. The second kappa shape index (κ2) is 10.7. The molecule has 13 heteroatoms. The van der Waals surface area contributed by atoms with Gasteiger partial charge in [0.15, 0.2) is 5.78 Å². The highest BCUT2D eigenvalue weighted by Crippen LogP contribution is 2.30. The number of carbonyl (C=O) groups excluding carboxylic acids is 2. The molecular formula is C22H27N3O8S2. The number of ketones is 1. The Morgan fingerprint density at radius 3 is 2.37 bits per heavy atom. The van der Waals surface area contributed by atoms with Crippen LogP contribution in [0.5, 0.6) is 5.75 Å².